The van der Waals surface area contributed by atoms with Crippen LogP contribution in [0.2, 0.25) is 0 Å². The number of piperazine rings is 1. The highest BCUT2D eigenvalue weighted by Gasteiger charge is 2.24. The molecule has 1 aliphatic heterocycles. The van der Waals surface area contributed by atoms with Crippen LogP contribution in [0.4, 0.5) is 11.4 Å². The minimum absolute atomic E-state index is 0.0739. The number of sulfonamides is 1. The van der Waals surface area contributed by atoms with Gasteiger partial charge in [0.15, 0.2) is 0 Å². The van der Waals surface area contributed by atoms with Gasteiger partial charge in [-0.15, -0.1) is 11.3 Å². The lowest BCUT2D eigenvalue weighted by Crippen LogP contribution is -2.48. The number of para-hydroxylation sites is 2. The Balaban J connectivity index is 1.39. The Morgan fingerprint density at radius 1 is 1.03 bits per heavy atom. The molecule has 0 unspecified atom stereocenters. The smallest absolute Gasteiger partial charge is 0.271 e. The highest BCUT2D eigenvalue weighted by molar-refractivity contribution is 9.13. The summed E-state index contributed by atoms with van der Waals surface area (Å²) in [7, 11) is -2.06. The molecule has 1 saturated heterocycles. The maximum absolute atomic E-state index is 13.0. The van der Waals surface area contributed by atoms with Gasteiger partial charge in [0.05, 0.1) is 16.6 Å². The number of methoxy groups -OCH3 is 1. The molecule has 3 aromatic rings. The lowest BCUT2D eigenvalue weighted by Gasteiger charge is -2.36. The summed E-state index contributed by atoms with van der Waals surface area (Å²) in [5.74, 6) is 0.743. The van der Waals surface area contributed by atoms with Crippen LogP contribution in [0, 0.1) is 0 Å². The first kappa shape index (κ1) is 24.1. The number of halogens is 2. The zero-order chi connectivity index (χ0) is 23.6. The third-order valence-corrected chi connectivity index (χ3v) is 10.4. The summed E-state index contributed by atoms with van der Waals surface area (Å²) >= 11 is 7.73. The van der Waals surface area contributed by atoms with Crippen molar-refractivity contribution in [1.29, 1.82) is 0 Å². The molecule has 0 bridgehead atoms. The Labute approximate surface area is 213 Å². The number of amides is 1. The molecule has 0 atom stereocenters. The number of nitrogens with zero attached hydrogens (tertiary/aromatic N) is 2. The molecule has 1 N–H and O–H groups in total. The average molecular weight is 615 g/mol. The number of anilines is 2. The SMILES string of the molecule is COc1ccccc1N1CCN(C(=O)c2ccc(NS(=O)(=O)c3cc(Br)c(Br)s3)cc2)CC1. The summed E-state index contributed by atoms with van der Waals surface area (Å²) < 4.78 is 34.8. The van der Waals surface area contributed by atoms with Crippen LogP contribution in [-0.2, 0) is 10.0 Å². The average Bonchev–Trinajstić information content (AvgIpc) is 3.18. The van der Waals surface area contributed by atoms with Crippen molar-refractivity contribution in [2.75, 3.05) is 42.9 Å². The number of ether oxygens (including phenoxy) is 1. The molecule has 0 saturated carbocycles. The predicted molar refractivity (Wildman–Crippen MR) is 138 cm³/mol. The van der Waals surface area contributed by atoms with Crippen molar-refractivity contribution < 1.29 is 17.9 Å². The second-order valence-electron chi connectivity index (χ2n) is 7.32. The summed E-state index contributed by atoms with van der Waals surface area (Å²) in [5.41, 5.74) is 1.94. The maximum Gasteiger partial charge on any atom is 0.271 e. The van der Waals surface area contributed by atoms with Gasteiger partial charge in [-0.25, -0.2) is 8.42 Å². The number of rotatable bonds is 6. The summed E-state index contributed by atoms with van der Waals surface area (Å²) in [6.07, 6.45) is 0. The lowest BCUT2D eigenvalue weighted by molar-refractivity contribution is 0.0746. The van der Waals surface area contributed by atoms with Gasteiger partial charge in [-0.05, 0) is 74.3 Å². The van der Waals surface area contributed by atoms with Crippen molar-refractivity contribution in [2.24, 2.45) is 0 Å². The first-order valence-corrected chi connectivity index (χ1v) is 13.9. The van der Waals surface area contributed by atoms with Gasteiger partial charge in [0.25, 0.3) is 15.9 Å². The lowest BCUT2D eigenvalue weighted by atomic mass is 10.1. The summed E-state index contributed by atoms with van der Waals surface area (Å²) in [4.78, 5) is 17.0. The molecule has 0 spiro atoms. The highest BCUT2D eigenvalue weighted by atomic mass is 79.9. The van der Waals surface area contributed by atoms with Crippen molar-refractivity contribution >= 4 is 70.5 Å². The second kappa shape index (κ2) is 10.0. The van der Waals surface area contributed by atoms with Gasteiger partial charge in [0.2, 0.25) is 0 Å². The highest BCUT2D eigenvalue weighted by Crippen LogP contribution is 2.35. The minimum atomic E-state index is -3.71. The fraction of sp³-hybridized carbons (Fsp3) is 0.227. The van der Waals surface area contributed by atoms with E-state index in [0.717, 1.165) is 22.8 Å². The quantitative estimate of drug-likeness (QED) is 0.421. The van der Waals surface area contributed by atoms with E-state index in [4.69, 9.17) is 4.74 Å². The van der Waals surface area contributed by atoms with E-state index < -0.39 is 10.0 Å². The summed E-state index contributed by atoms with van der Waals surface area (Å²) in [6, 6.07) is 15.9. The van der Waals surface area contributed by atoms with E-state index in [1.807, 2.05) is 29.2 Å². The summed E-state index contributed by atoms with van der Waals surface area (Å²) in [5, 5.41) is 0. The molecule has 1 amide bonds. The third-order valence-electron chi connectivity index (χ3n) is 5.26. The first-order chi connectivity index (χ1) is 15.8. The molecular weight excluding hydrogens is 594 g/mol. The van der Waals surface area contributed by atoms with E-state index in [9.17, 15) is 13.2 Å². The molecule has 7 nitrogen and oxygen atoms in total. The van der Waals surface area contributed by atoms with Gasteiger partial charge in [-0.1, -0.05) is 12.1 Å². The largest absolute Gasteiger partial charge is 0.495 e. The van der Waals surface area contributed by atoms with Crippen molar-refractivity contribution in [3.63, 3.8) is 0 Å². The number of hydrogen-bond acceptors (Lipinski definition) is 6. The molecule has 0 radical (unpaired) electrons. The molecule has 2 heterocycles. The molecule has 1 fully saturated rings. The molecule has 33 heavy (non-hydrogen) atoms. The van der Waals surface area contributed by atoms with E-state index in [-0.39, 0.29) is 10.1 Å². The Hall–Kier alpha value is -2.08. The number of hydrogen-bond donors (Lipinski definition) is 1. The molecule has 1 aromatic heterocycles. The Kier molecular flexibility index (Phi) is 7.32. The van der Waals surface area contributed by atoms with Crippen LogP contribution in [0.1, 0.15) is 10.4 Å². The standard InChI is InChI=1S/C22H21Br2N3O4S2/c1-31-19-5-3-2-4-18(19)26-10-12-27(13-11-26)22(28)15-6-8-16(9-7-15)25-33(29,30)20-14-17(23)21(24)32-20/h2-9,14,25H,10-13H2,1H3. The molecular formula is C22H21Br2N3O4S2. The maximum atomic E-state index is 13.0. The van der Waals surface area contributed by atoms with E-state index in [1.54, 1.807) is 37.4 Å². The molecule has 2 aromatic carbocycles. The Morgan fingerprint density at radius 2 is 1.70 bits per heavy atom. The monoisotopic (exact) mass is 613 g/mol. The normalized spacial score (nSPS) is 14.3. The van der Waals surface area contributed by atoms with Crippen LogP contribution in [0.25, 0.3) is 0 Å². The van der Waals surface area contributed by atoms with Crippen molar-refractivity contribution in [3.8, 4) is 5.75 Å². The van der Waals surface area contributed by atoms with Crippen molar-refractivity contribution in [3.05, 3.63) is 68.4 Å². The van der Waals surface area contributed by atoms with Crippen molar-refractivity contribution in [2.45, 2.75) is 4.21 Å². The molecule has 4 rings (SSSR count). The molecule has 11 heteroatoms. The van der Waals surface area contributed by atoms with E-state index in [1.165, 1.54) is 0 Å². The van der Waals surface area contributed by atoms with E-state index >= 15 is 0 Å². The van der Waals surface area contributed by atoms with Crippen LogP contribution in [0.5, 0.6) is 5.75 Å². The van der Waals surface area contributed by atoms with Crippen LogP contribution in [0.3, 0.4) is 0 Å². The van der Waals surface area contributed by atoms with E-state index in [0.29, 0.717) is 45.7 Å². The van der Waals surface area contributed by atoms with Crippen LogP contribution in [0.15, 0.2) is 67.1 Å². The Bertz CT molecular complexity index is 1240. The number of benzene rings is 2. The van der Waals surface area contributed by atoms with Gasteiger partial charge in [0.1, 0.15) is 9.96 Å². The van der Waals surface area contributed by atoms with Crippen LogP contribution >= 0.6 is 43.2 Å². The zero-order valence-corrected chi connectivity index (χ0v) is 22.4. The topological polar surface area (TPSA) is 79.0 Å². The minimum Gasteiger partial charge on any atom is -0.495 e. The van der Waals surface area contributed by atoms with Gasteiger partial charge in [0, 0.05) is 41.9 Å². The Morgan fingerprint density at radius 3 is 2.30 bits per heavy atom. The molecule has 174 valence electrons. The van der Waals surface area contributed by atoms with Gasteiger partial charge < -0.3 is 14.5 Å². The van der Waals surface area contributed by atoms with Gasteiger partial charge >= 0.3 is 0 Å². The van der Waals surface area contributed by atoms with Gasteiger partial charge in [-0.3, -0.25) is 9.52 Å². The van der Waals surface area contributed by atoms with Crippen LogP contribution in [-0.4, -0.2) is 52.5 Å². The number of carbonyl (C=O) groups is 1. The van der Waals surface area contributed by atoms with Gasteiger partial charge in [-0.2, -0.15) is 0 Å². The summed E-state index contributed by atoms with van der Waals surface area (Å²) in [6.45, 7) is 2.59. The fourth-order valence-electron chi connectivity index (χ4n) is 3.57. The van der Waals surface area contributed by atoms with Crippen LogP contribution < -0.4 is 14.4 Å². The molecule has 1 aliphatic rings. The zero-order valence-electron chi connectivity index (χ0n) is 17.6. The first-order valence-electron chi connectivity index (χ1n) is 10.0. The number of thiophene rings is 1. The van der Waals surface area contributed by atoms with E-state index in [2.05, 4.69) is 41.5 Å². The third kappa shape index (κ3) is 5.37. The second-order valence-corrected chi connectivity index (χ2v) is 12.5. The number of nitrogens with one attached hydrogen (secondary N) is 1. The fourth-order valence-corrected chi connectivity index (χ4v) is 7.45. The predicted octanol–water partition coefficient (Wildman–Crippen LogP) is 5.04. The molecule has 0 aliphatic carbocycles. The van der Waals surface area contributed by atoms with Crippen molar-refractivity contribution in [1.82, 2.24) is 4.90 Å². The number of carbonyl (C=O) groups excluding carboxylic acids is 1.